The van der Waals surface area contributed by atoms with Crippen LogP contribution in [0, 0.1) is 0 Å². The largest absolute Gasteiger partial charge is 0.381 e. The van der Waals surface area contributed by atoms with Gasteiger partial charge in [0.2, 0.25) is 10.0 Å². The number of hydrogen-bond donors (Lipinski definition) is 2. The summed E-state index contributed by atoms with van der Waals surface area (Å²) in [6, 6.07) is 12.7. The second-order valence-corrected chi connectivity index (χ2v) is 7.93. The average molecular weight is 434 g/mol. The number of rotatable bonds is 5. The molecule has 0 aromatic heterocycles. The Kier molecular flexibility index (Phi) is 5.43. The third-order valence-corrected chi connectivity index (χ3v) is 6.19. The van der Waals surface area contributed by atoms with Crippen molar-refractivity contribution in [1.29, 1.82) is 0 Å². The molecule has 2 aromatic carbocycles. The molecule has 0 aliphatic rings. The summed E-state index contributed by atoms with van der Waals surface area (Å²) >= 11 is 6.88. The number of anilines is 1. The van der Waals surface area contributed by atoms with Crippen LogP contribution in [0.25, 0.3) is 0 Å². The zero-order chi connectivity index (χ0) is 15.5. The Balaban J connectivity index is 2.13. The molecule has 0 unspecified atom stereocenters. The summed E-state index contributed by atoms with van der Waals surface area (Å²) in [5, 5.41) is 3.22. The molecule has 0 atom stereocenters. The van der Waals surface area contributed by atoms with Crippen molar-refractivity contribution in [3.8, 4) is 0 Å². The maximum Gasteiger partial charge on any atom is 0.240 e. The van der Waals surface area contributed by atoms with E-state index >= 15 is 0 Å². The van der Waals surface area contributed by atoms with Crippen LogP contribution in [0.15, 0.2) is 56.3 Å². The predicted octanol–water partition coefficient (Wildman–Crippen LogP) is 3.73. The number of halogens is 2. The molecule has 0 bridgehead atoms. The third kappa shape index (κ3) is 4.29. The first kappa shape index (κ1) is 16.5. The van der Waals surface area contributed by atoms with Crippen molar-refractivity contribution in [3.05, 3.63) is 57.0 Å². The van der Waals surface area contributed by atoms with Crippen molar-refractivity contribution < 1.29 is 8.42 Å². The Bertz CT molecular complexity index is 748. The minimum Gasteiger partial charge on any atom is -0.381 e. The Morgan fingerprint density at radius 3 is 2.48 bits per heavy atom. The molecule has 0 saturated heterocycles. The van der Waals surface area contributed by atoms with Gasteiger partial charge < -0.3 is 5.32 Å². The lowest BCUT2D eigenvalue weighted by atomic mass is 10.2. The molecular weight excluding hydrogens is 420 g/mol. The van der Waals surface area contributed by atoms with E-state index in [9.17, 15) is 8.42 Å². The quantitative estimate of drug-likeness (QED) is 0.755. The second-order valence-electron chi connectivity index (χ2n) is 4.34. The van der Waals surface area contributed by atoms with Crippen molar-refractivity contribution in [3.63, 3.8) is 0 Å². The van der Waals surface area contributed by atoms with Crippen LogP contribution in [-0.4, -0.2) is 15.5 Å². The monoisotopic (exact) mass is 432 g/mol. The van der Waals surface area contributed by atoms with Crippen LogP contribution < -0.4 is 10.0 Å². The number of benzene rings is 2. The van der Waals surface area contributed by atoms with E-state index in [-0.39, 0.29) is 4.90 Å². The van der Waals surface area contributed by atoms with Gasteiger partial charge in [0.25, 0.3) is 0 Å². The van der Waals surface area contributed by atoms with Crippen LogP contribution >= 0.6 is 31.9 Å². The topological polar surface area (TPSA) is 58.2 Å². The summed E-state index contributed by atoms with van der Waals surface area (Å²) in [5.74, 6) is 0. The van der Waals surface area contributed by atoms with Gasteiger partial charge in [-0.15, -0.1) is 0 Å². The van der Waals surface area contributed by atoms with E-state index in [1.165, 1.54) is 7.05 Å². The van der Waals surface area contributed by atoms with Crippen LogP contribution in [0.2, 0.25) is 0 Å². The van der Waals surface area contributed by atoms with E-state index < -0.39 is 10.0 Å². The molecule has 112 valence electrons. The van der Waals surface area contributed by atoms with Crippen molar-refractivity contribution in [2.75, 3.05) is 12.4 Å². The molecule has 0 fully saturated rings. The van der Waals surface area contributed by atoms with E-state index in [2.05, 4.69) is 41.9 Å². The summed E-state index contributed by atoms with van der Waals surface area (Å²) in [7, 11) is -2.02. The molecule has 2 aromatic rings. The SMILES string of the molecule is CNS(=O)(=O)c1cccc(NCc2ccc(Br)c(Br)c2)c1. The fourth-order valence-corrected chi connectivity index (χ4v) is 3.19. The van der Waals surface area contributed by atoms with Gasteiger partial charge in [-0.25, -0.2) is 13.1 Å². The number of nitrogens with one attached hydrogen (secondary N) is 2. The van der Waals surface area contributed by atoms with Crippen LogP contribution in [0.4, 0.5) is 5.69 Å². The normalized spacial score (nSPS) is 11.4. The Morgan fingerprint density at radius 1 is 1.05 bits per heavy atom. The first-order valence-electron chi connectivity index (χ1n) is 6.14. The first-order chi connectivity index (χ1) is 9.92. The highest BCUT2D eigenvalue weighted by atomic mass is 79.9. The summed E-state index contributed by atoms with van der Waals surface area (Å²) in [4.78, 5) is 0.243. The van der Waals surface area contributed by atoms with Gasteiger partial charge in [0, 0.05) is 21.2 Å². The fourth-order valence-electron chi connectivity index (χ4n) is 1.74. The highest BCUT2D eigenvalue weighted by molar-refractivity contribution is 9.13. The molecule has 0 heterocycles. The molecule has 0 saturated carbocycles. The lowest BCUT2D eigenvalue weighted by molar-refractivity contribution is 0.588. The molecule has 4 nitrogen and oxygen atoms in total. The minimum absolute atomic E-state index is 0.243. The van der Waals surface area contributed by atoms with E-state index in [1.54, 1.807) is 18.2 Å². The van der Waals surface area contributed by atoms with E-state index in [0.29, 0.717) is 6.54 Å². The van der Waals surface area contributed by atoms with Crippen LogP contribution in [0.3, 0.4) is 0 Å². The molecule has 0 radical (unpaired) electrons. The second kappa shape index (κ2) is 6.91. The highest BCUT2D eigenvalue weighted by Gasteiger charge is 2.11. The van der Waals surface area contributed by atoms with Gasteiger partial charge in [0.05, 0.1) is 4.90 Å². The van der Waals surface area contributed by atoms with Gasteiger partial charge in [0.15, 0.2) is 0 Å². The smallest absolute Gasteiger partial charge is 0.240 e. The molecule has 21 heavy (non-hydrogen) atoms. The maximum absolute atomic E-state index is 11.8. The van der Waals surface area contributed by atoms with Gasteiger partial charge >= 0.3 is 0 Å². The number of sulfonamides is 1. The Morgan fingerprint density at radius 2 is 1.81 bits per heavy atom. The molecular formula is C14H14Br2N2O2S. The molecule has 7 heteroatoms. The van der Waals surface area contributed by atoms with Gasteiger partial charge in [-0.3, -0.25) is 0 Å². The van der Waals surface area contributed by atoms with Gasteiger partial charge in [-0.05, 0) is 74.8 Å². The summed E-state index contributed by atoms with van der Waals surface area (Å²) in [6.07, 6.45) is 0. The zero-order valence-electron chi connectivity index (χ0n) is 11.2. The van der Waals surface area contributed by atoms with E-state index in [1.807, 2.05) is 24.3 Å². The summed E-state index contributed by atoms with van der Waals surface area (Å²) in [6.45, 7) is 0.606. The Labute approximate surface area is 141 Å². The molecule has 2 rings (SSSR count). The minimum atomic E-state index is -3.42. The van der Waals surface area contributed by atoms with Gasteiger partial charge in [-0.2, -0.15) is 0 Å². The van der Waals surface area contributed by atoms with Crippen molar-refractivity contribution in [1.82, 2.24) is 4.72 Å². The Hall–Kier alpha value is -0.890. The molecule has 0 amide bonds. The van der Waals surface area contributed by atoms with Crippen LogP contribution in [0.1, 0.15) is 5.56 Å². The molecule has 0 aliphatic carbocycles. The maximum atomic E-state index is 11.8. The van der Waals surface area contributed by atoms with Crippen LogP contribution in [-0.2, 0) is 16.6 Å². The van der Waals surface area contributed by atoms with E-state index in [4.69, 9.17) is 0 Å². The third-order valence-electron chi connectivity index (χ3n) is 2.89. The molecule has 0 spiro atoms. The lowest BCUT2D eigenvalue weighted by Crippen LogP contribution is -2.18. The van der Waals surface area contributed by atoms with Crippen molar-refractivity contribution in [2.45, 2.75) is 11.4 Å². The molecule has 0 aliphatic heterocycles. The average Bonchev–Trinajstić information content (AvgIpc) is 2.49. The van der Waals surface area contributed by atoms with Gasteiger partial charge in [0.1, 0.15) is 0 Å². The molecule has 2 N–H and O–H groups in total. The highest BCUT2D eigenvalue weighted by Crippen LogP contribution is 2.24. The van der Waals surface area contributed by atoms with Crippen LogP contribution in [0.5, 0.6) is 0 Å². The first-order valence-corrected chi connectivity index (χ1v) is 9.21. The van der Waals surface area contributed by atoms with Crippen molar-refractivity contribution >= 4 is 47.6 Å². The summed E-state index contributed by atoms with van der Waals surface area (Å²) in [5.41, 5.74) is 1.84. The predicted molar refractivity (Wildman–Crippen MR) is 91.9 cm³/mol. The van der Waals surface area contributed by atoms with E-state index in [0.717, 1.165) is 20.2 Å². The van der Waals surface area contributed by atoms with Gasteiger partial charge in [-0.1, -0.05) is 12.1 Å². The zero-order valence-corrected chi connectivity index (χ0v) is 15.2. The lowest BCUT2D eigenvalue weighted by Gasteiger charge is -2.09. The summed E-state index contributed by atoms with van der Waals surface area (Å²) < 4.78 is 27.8. The fraction of sp³-hybridized carbons (Fsp3) is 0.143. The van der Waals surface area contributed by atoms with Crippen molar-refractivity contribution in [2.24, 2.45) is 0 Å². The number of hydrogen-bond acceptors (Lipinski definition) is 3. The standard InChI is InChI=1S/C14H14Br2N2O2S/c1-17-21(19,20)12-4-2-3-11(8-12)18-9-10-5-6-13(15)14(16)7-10/h2-8,17-18H,9H2,1H3.